The van der Waals surface area contributed by atoms with E-state index in [0.717, 1.165) is 24.2 Å². The topological polar surface area (TPSA) is 94.3 Å². The molecule has 4 rings (SSSR count). The van der Waals surface area contributed by atoms with Crippen molar-refractivity contribution in [2.75, 3.05) is 11.3 Å². The fourth-order valence-corrected chi connectivity index (χ4v) is 5.00. The molecular formula is C18H19N3O4S2. The van der Waals surface area contributed by atoms with Crippen LogP contribution in [0.3, 0.4) is 0 Å². The second kappa shape index (κ2) is 7.32. The molecule has 1 fully saturated rings. The molecule has 1 aromatic carbocycles. The van der Waals surface area contributed by atoms with Crippen LogP contribution < -0.4 is 9.46 Å². The SMILES string of the molecule is CCOc1ccccc1NS(=O)(=O)c1cc(-c2noc(C3CCC3)n2)cs1. The van der Waals surface area contributed by atoms with Crippen LogP contribution >= 0.6 is 11.3 Å². The van der Waals surface area contributed by atoms with Crippen LogP contribution in [-0.2, 0) is 10.0 Å². The van der Waals surface area contributed by atoms with Gasteiger partial charge in [-0.2, -0.15) is 4.98 Å². The molecule has 2 heterocycles. The maximum Gasteiger partial charge on any atom is 0.271 e. The van der Waals surface area contributed by atoms with Crippen LogP contribution in [0.25, 0.3) is 11.4 Å². The van der Waals surface area contributed by atoms with Crippen LogP contribution in [-0.4, -0.2) is 25.2 Å². The summed E-state index contributed by atoms with van der Waals surface area (Å²) in [5.41, 5.74) is 1.04. The molecule has 0 spiro atoms. The molecule has 0 atom stereocenters. The highest BCUT2D eigenvalue weighted by Crippen LogP contribution is 2.37. The summed E-state index contributed by atoms with van der Waals surface area (Å²) in [7, 11) is -3.74. The van der Waals surface area contributed by atoms with Crippen LogP contribution in [0.15, 0.2) is 44.4 Å². The van der Waals surface area contributed by atoms with Gasteiger partial charge < -0.3 is 9.26 Å². The number of ether oxygens (including phenoxy) is 1. The lowest BCUT2D eigenvalue weighted by atomic mass is 9.85. The molecule has 1 N–H and O–H groups in total. The number of nitrogens with zero attached hydrogens (tertiary/aromatic N) is 2. The summed E-state index contributed by atoms with van der Waals surface area (Å²) in [4.78, 5) is 4.41. The molecule has 142 valence electrons. The zero-order valence-electron chi connectivity index (χ0n) is 14.7. The van der Waals surface area contributed by atoms with E-state index in [4.69, 9.17) is 9.26 Å². The number of nitrogens with one attached hydrogen (secondary N) is 1. The molecule has 7 nitrogen and oxygen atoms in total. The Morgan fingerprint density at radius 3 is 2.89 bits per heavy atom. The van der Waals surface area contributed by atoms with Crippen LogP contribution in [0.5, 0.6) is 5.75 Å². The first-order chi connectivity index (χ1) is 13.1. The van der Waals surface area contributed by atoms with E-state index < -0.39 is 10.0 Å². The van der Waals surface area contributed by atoms with Crippen molar-refractivity contribution < 1.29 is 17.7 Å². The molecule has 1 saturated carbocycles. The highest BCUT2D eigenvalue weighted by Gasteiger charge is 2.26. The average Bonchev–Trinajstić information content (AvgIpc) is 3.24. The van der Waals surface area contributed by atoms with Crippen molar-refractivity contribution >= 4 is 27.0 Å². The van der Waals surface area contributed by atoms with Crippen molar-refractivity contribution in [3.05, 3.63) is 41.6 Å². The van der Waals surface area contributed by atoms with Gasteiger partial charge >= 0.3 is 0 Å². The van der Waals surface area contributed by atoms with Crippen molar-refractivity contribution in [1.82, 2.24) is 10.1 Å². The van der Waals surface area contributed by atoms with Gasteiger partial charge in [0.05, 0.1) is 12.3 Å². The molecule has 3 aromatic rings. The highest BCUT2D eigenvalue weighted by atomic mass is 32.2. The number of hydrogen-bond acceptors (Lipinski definition) is 7. The van der Waals surface area contributed by atoms with Gasteiger partial charge in [-0.1, -0.05) is 23.7 Å². The molecule has 0 radical (unpaired) electrons. The van der Waals surface area contributed by atoms with E-state index in [2.05, 4.69) is 14.9 Å². The smallest absolute Gasteiger partial charge is 0.271 e. The quantitative estimate of drug-likeness (QED) is 0.631. The number of sulfonamides is 1. The first kappa shape index (κ1) is 18.0. The van der Waals surface area contributed by atoms with E-state index in [1.54, 1.807) is 35.7 Å². The fourth-order valence-electron chi connectivity index (χ4n) is 2.78. The second-order valence-electron chi connectivity index (χ2n) is 6.27. The molecule has 2 aromatic heterocycles. The normalized spacial score (nSPS) is 14.7. The molecule has 0 saturated heterocycles. The number of rotatable bonds is 7. The highest BCUT2D eigenvalue weighted by molar-refractivity contribution is 7.94. The van der Waals surface area contributed by atoms with Crippen molar-refractivity contribution in [1.29, 1.82) is 0 Å². The maximum absolute atomic E-state index is 12.8. The Morgan fingerprint density at radius 1 is 1.33 bits per heavy atom. The predicted octanol–water partition coefficient (Wildman–Crippen LogP) is 4.27. The van der Waals surface area contributed by atoms with Gasteiger partial charge in [-0.15, -0.1) is 11.3 Å². The van der Waals surface area contributed by atoms with Gasteiger partial charge in [0, 0.05) is 16.9 Å². The number of anilines is 1. The van der Waals surface area contributed by atoms with E-state index in [1.807, 2.05) is 6.92 Å². The first-order valence-electron chi connectivity index (χ1n) is 8.74. The fraction of sp³-hybridized carbons (Fsp3) is 0.333. The number of thiophene rings is 1. The largest absolute Gasteiger partial charge is 0.492 e. The Labute approximate surface area is 161 Å². The summed E-state index contributed by atoms with van der Waals surface area (Å²) < 4.78 is 39.1. The zero-order valence-corrected chi connectivity index (χ0v) is 16.3. The molecule has 9 heteroatoms. The summed E-state index contributed by atoms with van der Waals surface area (Å²) in [6, 6.07) is 8.50. The number of benzene rings is 1. The molecule has 0 unspecified atom stereocenters. The van der Waals surface area contributed by atoms with Crippen molar-refractivity contribution in [3.8, 4) is 17.1 Å². The van der Waals surface area contributed by atoms with E-state index in [1.165, 1.54) is 6.42 Å². The van der Waals surface area contributed by atoms with Gasteiger partial charge in [-0.3, -0.25) is 4.72 Å². The third-order valence-electron chi connectivity index (χ3n) is 4.43. The predicted molar refractivity (Wildman–Crippen MR) is 103 cm³/mol. The van der Waals surface area contributed by atoms with E-state index in [9.17, 15) is 8.42 Å². The molecule has 0 bridgehead atoms. The number of hydrogen-bond donors (Lipinski definition) is 1. The molecular weight excluding hydrogens is 386 g/mol. The first-order valence-corrected chi connectivity index (χ1v) is 11.1. The monoisotopic (exact) mass is 405 g/mol. The van der Waals surface area contributed by atoms with E-state index in [-0.39, 0.29) is 4.21 Å². The van der Waals surface area contributed by atoms with Gasteiger partial charge in [-0.25, -0.2) is 8.42 Å². The summed E-state index contributed by atoms with van der Waals surface area (Å²) in [5.74, 6) is 1.88. The molecule has 1 aliphatic carbocycles. The Bertz CT molecular complexity index is 1040. The van der Waals surface area contributed by atoms with E-state index >= 15 is 0 Å². The number of para-hydroxylation sites is 2. The molecule has 27 heavy (non-hydrogen) atoms. The summed E-state index contributed by atoms with van der Waals surface area (Å²) in [5, 5.41) is 5.71. The Balaban J connectivity index is 1.56. The van der Waals surface area contributed by atoms with Gasteiger partial charge in [0.2, 0.25) is 11.7 Å². The molecule has 0 amide bonds. The second-order valence-corrected chi connectivity index (χ2v) is 9.09. The minimum atomic E-state index is -3.74. The molecule has 1 aliphatic rings. The zero-order chi connectivity index (χ0) is 18.9. The number of aromatic nitrogens is 2. The van der Waals surface area contributed by atoms with Gasteiger partial charge in [-0.05, 0) is 38.0 Å². The van der Waals surface area contributed by atoms with Crippen LogP contribution in [0, 0.1) is 0 Å². The van der Waals surface area contributed by atoms with Crippen molar-refractivity contribution in [3.63, 3.8) is 0 Å². The lowest BCUT2D eigenvalue weighted by molar-refractivity contribution is 0.292. The Kier molecular flexibility index (Phi) is 4.88. The van der Waals surface area contributed by atoms with E-state index in [0.29, 0.717) is 41.2 Å². The average molecular weight is 406 g/mol. The third-order valence-corrected chi connectivity index (χ3v) is 7.23. The maximum atomic E-state index is 12.8. The van der Waals surface area contributed by atoms with Crippen molar-refractivity contribution in [2.45, 2.75) is 36.3 Å². The minimum Gasteiger partial charge on any atom is -0.492 e. The van der Waals surface area contributed by atoms with Gasteiger partial charge in [0.1, 0.15) is 9.96 Å². The van der Waals surface area contributed by atoms with Crippen LogP contribution in [0.4, 0.5) is 5.69 Å². The van der Waals surface area contributed by atoms with Crippen LogP contribution in [0.2, 0.25) is 0 Å². The van der Waals surface area contributed by atoms with Crippen LogP contribution in [0.1, 0.15) is 38.0 Å². The third kappa shape index (κ3) is 3.70. The summed E-state index contributed by atoms with van der Waals surface area (Å²) in [6.07, 6.45) is 3.31. The molecule has 0 aliphatic heterocycles. The summed E-state index contributed by atoms with van der Waals surface area (Å²) in [6.45, 7) is 2.29. The lowest BCUT2D eigenvalue weighted by Crippen LogP contribution is -2.12. The van der Waals surface area contributed by atoms with Gasteiger partial charge in [0.25, 0.3) is 10.0 Å². The van der Waals surface area contributed by atoms with Crippen molar-refractivity contribution in [2.24, 2.45) is 0 Å². The minimum absolute atomic E-state index is 0.179. The lowest BCUT2D eigenvalue weighted by Gasteiger charge is -2.20. The summed E-state index contributed by atoms with van der Waals surface area (Å²) >= 11 is 1.11. The Hall–Kier alpha value is -2.39. The Morgan fingerprint density at radius 2 is 2.15 bits per heavy atom. The standard InChI is InChI=1S/C18H19N3O4S2/c1-2-24-15-9-4-3-8-14(15)21-27(22,23)16-10-13(11-26-16)17-19-18(25-20-17)12-6-5-7-12/h3-4,8-12,21H,2,5-7H2,1H3. The van der Waals surface area contributed by atoms with Gasteiger partial charge in [0.15, 0.2) is 0 Å².